The molecular weight excluding hydrogens is 272 g/mol. The van der Waals surface area contributed by atoms with Crippen molar-refractivity contribution in [2.24, 2.45) is 0 Å². The van der Waals surface area contributed by atoms with Crippen LogP contribution in [0.4, 0.5) is 0 Å². The van der Waals surface area contributed by atoms with Crippen molar-refractivity contribution in [2.75, 3.05) is 0 Å². The molecule has 0 aliphatic rings. The van der Waals surface area contributed by atoms with E-state index < -0.39 is 0 Å². The van der Waals surface area contributed by atoms with E-state index in [-0.39, 0.29) is 11.5 Å². The molecule has 2 heteroatoms. The second kappa shape index (κ2) is 6.27. The molecule has 0 atom stereocenters. The number of hydrogen-bond donors (Lipinski definition) is 1. The topological polar surface area (TPSA) is 37.3 Å². The van der Waals surface area contributed by atoms with Crippen molar-refractivity contribution >= 4 is 5.78 Å². The highest BCUT2D eigenvalue weighted by atomic mass is 16.3. The highest BCUT2D eigenvalue weighted by Gasteiger charge is 2.08. The molecule has 0 aliphatic carbocycles. The lowest BCUT2D eigenvalue weighted by molar-refractivity contribution is 0.0993. The van der Waals surface area contributed by atoms with Crippen molar-refractivity contribution in [3.8, 4) is 16.9 Å². The van der Waals surface area contributed by atoms with E-state index in [0.29, 0.717) is 6.42 Å². The highest BCUT2D eigenvalue weighted by Crippen LogP contribution is 2.29. The predicted molar refractivity (Wildman–Crippen MR) is 88.0 cm³/mol. The molecule has 0 bridgehead atoms. The average molecular weight is 288 g/mol. The van der Waals surface area contributed by atoms with Crippen LogP contribution in [-0.2, 0) is 6.42 Å². The summed E-state index contributed by atoms with van der Waals surface area (Å²) in [5, 5.41) is 9.95. The Morgan fingerprint density at radius 2 is 1.55 bits per heavy atom. The van der Waals surface area contributed by atoms with Gasteiger partial charge in [0.1, 0.15) is 5.75 Å². The summed E-state index contributed by atoms with van der Waals surface area (Å²) in [6, 6.07) is 24.2. The van der Waals surface area contributed by atoms with Crippen LogP contribution >= 0.6 is 0 Å². The van der Waals surface area contributed by atoms with Gasteiger partial charge in [0, 0.05) is 17.5 Å². The minimum atomic E-state index is 0.0926. The number of phenolic OH excluding ortho intramolecular Hbond substituents is 1. The second-order valence-corrected chi connectivity index (χ2v) is 5.18. The van der Waals surface area contributed by atoms with Gasteiger partial charge < -0.3 is 5.11 Å². The van der Waals surface area contributed by atoms with Crippen molar-refractivity contribution in [2.45, 2.75) is 6.42 Å². The average Bonchev–Trinajstić information content (AvgIpc) is 2.56. The standard InChI is InChI=1S/C20H16O2/c21-19-12-5-4-11-18(19)17-10-6-7-15(13-17)14-20(22)16-8-2-1-3-9-16/h1-13,21H,14H2. The van der Waals surface area contributed by atoms with Crippen LogP contribution in [0.3, 0.4) is 0 Å². The van der Waals surface area contributed by atoms with Crippen LogP contribution in [-0.4, -0.2) is 10.9 Å². The van der Waals surface area contributed by atoms with Gasteiger partial charge in [-0.3, -0.25) is 4.79 Å². The number of ketones is 1. The van der Waals surface area contributed by atoms with Gasteiger partial charge in [-0.2, -0.15) is 0 Å². The lowest BCUT2D eigenvalue weighted by Crippen LogP contribution is -2.03. The van der Waals surface area contributed by atoms with Crippen LogP contribution in [0, 0.1) is 0 Å². The van der Waals surface area contributed by atoms with Crippen molar-refractivity contribution in [1.29, 1.82) is 0 Å². The number of carbonyl (C=O) groups is 1. The third-order valence-corrected chi connectivity index (χ3v) is 3.60. The maximum atomic E-state index is 12.3. The summed E-state index contributed by atoms with van der Waals surface area (Å²) in [5.74, 6) is 0.337. The molecule has 0 radical (unpaired) electrons. The van der Waals surface area contributed by atoms with Gasteiger partial charge in [0.05, 0.1) is 0 Å². The Bertz CT molecular complexity index is 792. The summed E-state index contributed by atoms with van der Waals surface area (Å²) in [6.45, 7) is 0. The summed E-state index contributed by atoms with van der Waals surface area (Å²) in [4.78, 5) is 12.3. The lowest BCUT2D eigenvalue weighted by Gasteiger charge is -2.07. The Kier molecular flexibility index (Phi) is 4.01. The number of aromatic hydroxyl groups is 1. The van der Waals surface area contributed by atoms with Gasteiger partial charge in [-0.15, -0.1) is 0 Å². The first-order valence-electron chi connectivity index (χ1n) is 7.19. The second-order valence-electron chi connectivity index (χ2n) is 5.18. The third kappa shape index (κ3) is 3.07. The Balaban J connectivity index is 1.86. The molecule has 1 N–H and O–H groups in total. The molecule has 3 rings (SSSR count). The quantitative estimate of drug-likeness (QED) is 0.718. The van der Waals surface area contributed by atoms with Gasteiger partial charge >= 0.3 is 0 Å². The molecule has 2 nitrogen and oxygen atoms in total. The van der Waals surface area contributed by atoms with Crippen LogP contribution in [0.5, 0.6) is 5.75 Å². The maximum Gasteiger partial charge on any atom is 0.167 e. The summed E-state index contributed by atoms with van der Waals surface area (Å²) in [7, 11) is 0. The molecule has 0 amide bonds. The minimum Gasteiger partial charge on any atom is -0.507 e. The fourth-order valence-electron chi connectivity index (χ4n) is 2.48. The highest BCUT2D eigenvalue weighted by molar-refractivity contribution is 5.97. The Morgan fingerprint density at radius 3 is 2.32 bits per heavy atom. The summed E-state index contributed by atoms with van der Waals surface area (Å²) < 4.78 is 0. The fraction of sp³-hybridized carbons (Fsp3) is 0.0500. The molecule has 3 aromatic rings. The number of carbonyl (C=O) groups excluding carboxylic acids is 1. The summed E-state index contributed by atoms with van der Waals surface area (Å²) in [5.41, 5.74) is 3.35. The molecule has 0 spiro atoms. The number of phenols is 1. The Labute approximate surface area is 129 Å². The maximum absolute atomic E-state index is 12.3. The molecule has 0 heterocycles. The summed E-state index contributed by atoms with van der Waals surface area (Å²) >= 11 is 0. The van der Waals surface area contributed by atoms with Crippen molar-refractivity contribution in [3.05, 3.63) is 90.0 Å². The van der Waals surface area contributed by atoms with E-state index in [2.05, 4.69) is 0 Å². The van der Waals surface area contributed by atoms with E-state index in [1.807, 2.05) is 66.7 Å². The first kappa shape index (κ1) is 14.1. The zero-order valence-electron chi connectivity index (χ0n) is 12.1. The van der Waals surface area contributed by atoms with Crippen LogP contribution in [0.25, 0.3) is 11.1 Å². The van der Waals surface area contributed by atoms with Gasteiger partial charge in [0.15, 0.2) is 5.78 Å². The van der Waals surface area contributed by atoms with Crippen LogP contribution < -0.4 is 0 Å². The van der Waals surface area contributed by atoms with E-state index >= 15 is 0 Å². The first-order valence-corrected chi connectivity index (χ1v) is 7.19. The molecule has 3 aromatic carbocycles. The number of rotatable bonds is 4. The molecule has 0 saturated heterocycles. The molecule has 0 aromatic heterocycles. The predicted octanol–water partition coefficient (Wildman–Crippen LogP) is 4.48. The third-order valence-electron chi connectivity index (χ3n) is 3.60. The molecule has 22 heavy (non-hydrogen) atoms. The van der Waals surface area contributed by atoms with E-state index in [1.54, 1.807) is 12.1 Å². The van der Waals surface area contributed by atoms with Crippen LogP contribution in [0.2, 0.25) is 0 Å². The number of hydrogen-bond acceptors (Lipinski definition) is 2. The lowest BCUT2D eigenvalue weighted by atomic mass is 9.98. The molecular formula is C20H16O2. The largest absolute Gasteiger partial charge is 0.507 e. The summed E-state index contributed by atoms with van der Waals surface area (Å²) in [6.07, 6.45) is 0.353. The minimum absolute atomic E-state index is 0.0926. The Hall–Kier alpha value is -2.87. The van der Waals surface area contributed by atoms with Crippen molar-refractivity contribution in [3.63, 3.8) is 0 Å². The van der Waals surface area contributed by atoms with E-state index in [1.165, 1.54) is 0 Å². The molecule has 0 aliphatic heterocycles. The zero-order chi connectivity index (χ0) is 15.4. The normalized spacial score (nSPS) is 10.4. The molecule has 108 valence electrons. The zero-order valence-corrected chi connectivity index (χ0v) is 12.1. The van der Waals surface area contributed by atoms with Crippen LogP contribution in [0.15, 0.2) is 78.9 Å². The van der Waals surface area contributed by atoms with Gasteiger partial charge in [-0.25, -0.2) is 0 Å². The van der Waals surface area contributed by atoms with E-state index in [9.17, 15) is 9.90 Å². The molecule has 0 saturated carbocycles. The SMILES string of the molecule is O=C(Cc1cccc(-c2ccccc2O)c1)c1ccccc1. The van der Waals surface area contributed by atoms with Crippen molar-refractivity contribution in [1.82, 2.24) is 0 Å². The first-order chi connectivity index (χ1) is 10.7. The number of benzene rings is 3. The van der Waals surface area contributed by atoms with E-state index in [4.69, 9.17) is 0 Å². The van der Waals surface area contributed by atoms with Gasteiger partial charge in [-0.1, -0.05) is 72.8 Å². The van der Waals surface area contributed by atoms with Gasteiger partial charge in [-0.05, 0) is 17.2 Å². The smallest absolute Gasteiger partial charge is 0.167 e. The van der Waals surface area contributed by atoms with E-state index in [0.717, 1.165) is 22.3 Å². The van der Waals surface area contributed by atoms with Crippen LogP contribution in [0.1, 0.15) is 15.9 Å². The Morgan fingerprint density at radius 1 is 0.818 bits per heavy atom. The fourth-order valence-corrected chi connectivity index (χ4v) is 2.48. The number of para-hydroxylation sites is 1. The van der Waals surface area contributed by atoms with Crippen molar-refractivity contribution < 1.29 is 9.90 Å². The molecule has 0 fully saturated rings. The van der Waals surface area contributed by atoms with Gasteiger partial charge in [0.2, 0.25) is 0 Å². The number of Topliss-reactive ketones (excluding diaryl/α,β-unsaturated/α-hetero) is 1. The van der Waals surface area contributed by atoms with Gasteiger partial charge in [0.25, 0.3) is 0 Å². The molecule has 0 unspecified atom stereocenters. The monoisotopic (exact) mass is 288 g/mol.